The molecule has 0 saturated heterocycles. The van der Waals surface area contributed by atoms with E-state index in [9.17, 15) is 19.7 Å². The zero-order valence-corrected chi connectivity index (χ0v) is 18.5. The molecule has 9 nitrogen and oxygen atoms in total. The number of hydrogen-bond donors (Lipinski definition) is 1. The summed E-state index contributed by atoms with van der Waals surface area (Å²) in [6, 6.07) is 9.67. The van der Waals surface area contributed by atoms with Crippen molar-refractivity contribution in [2.75, 3.05) is 21.3 Å². The van der Waals surface area contributed by atoms with Crippen LogP contribution in [0.4, 0.5) is 5.69 Å². The fraction of sp³-hybridized carbons (Fsp3) is 0.333. The van der Waals surface area contributed by atoms with E-state index in [0.717, 1.165) is 5.56 Å². The largest absolute Gasteiger partial charge is 0.493 e. The second kappa shape index (κ2) is 8.93. The Bertz CT molecular complexity index is 1130. The number of nitrogens with zero attached hydrogens (tertiary/aromatic N) is 1. The second-order valence-electron chi connectivity index (χ2n) is 8.03. The maximum Gasteiger partial charge on any atom is 0.269 e. The summed E-state index contributed by atoms with van der Waals surface area (Å²) < 4.78 is 16.3. The molecule has 0 unspecified atom stereocenters. The summed E-state index contributed by atoms with van der Waals surface area (Å²) in [6.07, 6.45) is 0.850. The van der Waals surface area contributed by atoms with Crippen LogP contribution in [0.15, 0.2) is 47.7 Å². The van der Waals surface area contributed by atoms with E-state index in [0.29, 0.717) is 40.5 Å². The number of carbonyl (C=O) groups is 2. The minimum atomic E-state index is -0.476. The Balaban J connectivity index is 1.70. The molecule has 2 aromatic carbocycles. The van der Waals surface area contributed by atoms with Gasteiger partial charge in [0.2, 0.25) is 11.7 Å². The number of nitro benzene ring substituents is 1. The van der Waals surface area contributed by atoms with Gasteiger partial charge in [-0.3, -0.25) is 19.7 Å². The molecule has 33 heavy (non-hydrogen) atoms. The van der Waals surface area contributed by atoms with Crippen molar-refractivity contribution in [3.63, 3.8) is 0 Å². The van der Waals surface area contributed by atoms with Crippen LogP contribution in [0, 0.1) is 10.1 Å². The average molecular weight is 452 g/mol. The zero-order valence-electron chi connectivity index (χ0n) is 18.5. The van der Waals surface area contributed by atoms with E-state index in [1.165, 1.54) is 33.5 Å². The van der Waals surface area contributed by atoms with Crippen molar-refractivity contribution in [2.45, 2.75) is 31.1 Å². The van der Waals surface area contributed by atoms with Crippen LogP contribution < -0.4 is 19.5 Å². The van der Waals surface area contributed by atoms with Crippen molar-refractivity contribution in [1.82, 2.24) is 5.32 Å². The highest BCUT2D eigenvalue weighted by Crippen LogP contribution is 2.46. The molecule has 0 spiro atoms. The fourth-order valence-corrected chi connectivity index (χ4v) is 4.65. The minimum Gasteiger partial charge on any atom is -0.493 e. The van der Waals surface area contributed by atoms with Crippen molar-refractivity contribution >= 4 is 17.4 Å². The number of carbonyl (C=O) groups excluding carboxylic acids is 2. The summed E-state index contributed by atoms with van der Waals surface area (Å²) in [5.41, 5.74) is 2.70. The fourth-order valence-electron chi connectivity index (χ4n) is 4.65. The Morgan fingerprint density at radius 3 is 2.09 bits per heavy atom. The number of nitrogens with one attached hydrogen (secondary N) is 1. The monoisotopic (exact) mass is 452 g/mol. The van der Waals surface area contributed by atoms with Crippen molar-refractivity contribution in [2.24, 2.45) is 0 Å². The van der Waals surface area contributed by atoms with Crippen LogP contribution in [0.3, 0.4) is 0 Å². The van der Waals surface area contributed by atoms with Gasteiger partial charge in [0.25, 0.3) is 5.69 Å². The molecule has 1 N–H and O–H groups in total. The van der Waals surface area contributed by atoms with Crippen LogP contribution in [0.5, 0.6) is 17.2 Å². The SMILES string of the molecule is COc1cc([C@H]2CC(=O)C3=C(C2)NC(=O)C[C@@H]3c2ccc([N+](=O)[O-])cc2)cc(OC)c1OC. The maximum absolute atomic E-state index is 13.3. The first-order chi connectivity index (χ1) is 15.9. The number of benzene rings is 2. The Kier molecular flexibility index (Phi) is 6.04. The third-order valence-corrected chi connectivity index (χ3v) is 6.20. The van der Waals surface area contributed by atoms with Gasteiger partial charge in [0, 0.05) is 42.2 Å². The quantitative estimate of drug-likeness (QED) is 0.525. The van der Waals surface area contributed by atoms with Gasteiger partial charge in [0.15, 0.2) is 17.3 Å². The van der Waals surface area contributed by atoms with Crippen LogP contribution >= 0.6 is 0 Å². The number of hydrogen-bond acceptors (Lipinski definition) is 7. The number of non-ortho nitro benzene ring substituents is 1. The molecular formula is C24H24N2O7. The first-order valence-electron chi connectivity index (χ1n) is 10.5. The second-order valence-corrected chi connectivity index (χ2v) is 8.03. The van der Waals surface area contributed by atoms with Gasteiger partial charge < -0.3 is 19.5 Å². The van der Waals surface area contributed by atoms with Crippen molar-refractivity contribution < 1.29 is 28.7 Å². The summed E-state index contributed by atoms with van der Waals surface area (Å²) in [4.78, 5) is 36.3. The topological polar surface area (TPSA) is 117 Å². The smallest absolute Gasteiger partial charge is 0.269 e. The molecule has 0 aromatic heterocycles. The minimum absolute atomic E-state index is 0.0364. The Hall–Kier alpha value is -3.88. The number of rotatable bonds is 6. The lowest BCUT2D eigenvalue weighted by Gasteiger charge is -2.34. The lowest BCUT2D eigenvalue weighted by Crippen LogP contribution is -2.38. The van der Waals surface area contributed by atoms with Crippen molar-refractivity contribution in [3.8, 4) is 17.2 Å². The summed E-state index contributed by atoms with van der Waals surface area (Å²) in [5.74, 6) is 0.610. The standard InChI is InChI=1S/C24H24N2O7/c1-31-20-10-15(11-21(32-2)24(20)33-3)14-8-18-23(19(27)9-14)17(12-22(28)25-18)13-4-6-16(7-5-13)26(29)30/h4-7,10-11,14,17H,8-9,12H2,1-3H3,(H,25,28)/t14-,17-/m1/s1. The van der Waals surface area contributed by atoms with E-state index in [1.54, 1.807) is 12.1 Å². The third-order valence-electron chi connectivity index (χ3n) is 6.20. The molecule has 0 fully saturated rings. The highest BCUT2D eigenvalue weighted by molar-refractivity contribution is 6.02. The number of amides is 1. The van der Waals surface area contributed by atoms with E-state index in [1.807, 2.05) is 12.1 Å². The van der Waals surface area contributed by atoms with E-state index in [-0.39, 0.29) is 36.1 Å². The number of nitro groups is 1. The van der Waals surface area contributed by atoms with E-state index >= 15 is 0 Å². The Morgan fingerprint density at radius 2 is 1.55 bits per heavy atom. The molecular weight excluding hydrogens is 428 g/mol. The first-order valence-corrected chi connectivity index (χ1v) is 10.5. The molecule has 1 aliphatic carbocycles. The van der Waals surface area contributed by atoms with Gasteiger partial charge in [-0.05, 0) is 35.6 Å². The summed E-state index contributed by atoms with van der Waals surface area (Å²) in [6.45, 7) is 0. The molecule has 2 aliphatic rings. The normalized spacial score (nSPS) is 20.1. The van der Waals surface area contributed by atoms with Gasteiger partial charge in [-0.15, -0.1) is 0 Å². The predicted octanol–water partition coefficient (Wildman–Crippen LogP) is 3.62. The van der Waals surface area contributed by atoms with Gasteiger partial charge in [0.05, 0.1) is 26.3 Å². The van der Waals surface area contributed by atoms with Gasteiger partial charge in [0.1, 0.15) is 0 Å². The molecule has 0 bridgehead atoms. The Labute approximate surface area is 190 Å². The number of methoxy groups -OCH3 is 3. The number of Topliss-reactive ketones (excluding diaryl/α,β-unsaturated/α-hetero) is 1. The van der Waals surface area contributed by atoms with Crippen LogP contribution in [0.2, 0.25) is 0 Å². The third kappa shape index (κ3) is 4.13. The number of ether oxygens (including phenoxy) is 3. The summed E-state index contributed by atoms with van der Waals surface area (Å²) >= 11 is 0. The van der Waals surface area contributed by atoms with Crippen LogP contribution in [-0.2, 0) is 9.59 Å². The summed E-state index contributed by atoms with van der Waals surface area (Å²) in [5, 5.41) is 13.9. The van der Waals surface area contributed by atoms with Gasteiger partial charge in [-0.1, -0.05) is 12.1 Å². The molecule has 2 atom stereocenters. The van der Waals surface area contributed by atoms with Gasteiger partial charge >= 0.3 is 0 Å². The Morgan fingerprint density at radius 1 is 0.909 bits per heavy atom. The van der Waals surface area contributed by atoms with Crippen LogP contribution in [0.25, 0.3) is 0 Å². The molecule has 0 saturated carbocycles. The van der Waals surface area contributed by atoms with Crippen molar-refractivity contribution in [3.05, 3.63) is 68.9 Å². The van der Waals surface area contributed by atoms with Crippen LogP contribution in [0.1, 0.15) is 42.2 Å². The predicted molar refractivity (Wildman–Crippen MR) is 119 cm³/mol. The van der Waals surface area contributed by atoms with Crippen LogP contribution in [-0.4, -0.2) is 37.9 Å². The van der Waals surface area contributed by atoms with E-state index in [2.05, 4.69) is 5.32 Å². The molecule has 1 heterocycles. The number of allylic oxidation sites excluding steroid dienone is 2. The highest BCUT2D eigenvalue weighted by atomic mass is 16.6. The van der Waals surface area contributed by atoms with E-state index < -0.39 is 10.8 Å². The molecule has 9 heteroatoms. The molecule has 1 amide bonds. The van der Waals surface area contributed by atoms with Crippen molar-refractivity contribution in [1.29, 1.82) is 0 Å². The van der Waals surface area contributed by atoms with Gasteiger partial charge in [-0.25, -0.2) is 0 Å². The molecule has 4 rings (SSSR count). The van der Waals surface area contributed by atoms with E-state index in [4.69, 9.17) is 14.2 Å². The average Bonchev–Trinajstić information content (AvgIpc) is 2.82. The van der Waals surface area contributed by atoms with Gasteiger partial charge in [-0.2, -0.15) is 0 Å². The highest BCUT2D eigenvalue weighted by Gasteiger charge is 2.38. The summed E-state index contributed by atoms with van der Waals surface area (Å²) in [7, 11) is 4.59. The molecule has 0 radical (unpaired) electrons. The molecule has 1 aliphatic heterocycles. The molecule has 172 valence electrons. The maximum atomic E-state index is 13.3. The first kappa shape index (κ1) is 22.3. The lowest BCUT2D eigenvalue weighted by molar-refractivity contribution is -0.384. The lowest BCUT2D eigenvalue weighted by atomic mass is 9.73. The molecule has 2 aromatic rings. The number of ketones is 1. The zero-order chi connectivity index (χ0) is 23.7.